The Kier molecular flexibility index (Phi) is 4.03. The van der Waals surface area contributed by atoms with Gasteiger partial charge in [-0.05, 0) is 12.1 Å². The maximum Gasteiger partial charge on any atom is 0.255 e. The largest absolute Gasteiger partial charge is 0.454 e. The minimum absolute atomic E-state index is 0.124. The van der Waals surface area contributed by atoms with E-state index in [9.17, 15) is 4.79 Å². The maximum absolute atomic E-state index is 12.2. The monoisotopic (exact) mass is 278 g/mol. The number of carbonyl (C=O) groups excluding carboxylic acids is 1. The highest BCUT2D eigenvalue weighted by atomic mass is 16.7. The average Bonchev–Trinajstić information content (AvgIpc) is 2.96. The summed E-state index contributed by atoms with van der Waals surface area (Å²) in [6.45, 7) is 5.01. The number of hydrogen-bond donors (Lipinski definition) is 1. The third kappa shape index (κ3) is 2.86. The van der Waals surface area contributed by atoms with Crippen molar-refractivity contribution in [2.45, 2.75) is 0 Å². The maximum atomic E-state index is 12.2. The van der Waals surface area contributed by atoms with Crippen LogP contribution in [0.1, 0.15) is 10.4 Å². The number of para-hydroxylation sites is 1. The number of amides is 1. The van der Waals surface area contributed by atoms with Gasteiger partial charge in [0.15, 0.2) is 11.5 Å². The zero-order valence-electron chi connectivity index (χ0n) is 11.3. The highest BCUT2D eigenvalue weighted by molar-refractivity contribution is 5.97. The molecule has 1 N–H and O–H groups in total. The van der Waals surface area contributed by atoms with Gasteiger partial charge in [0.2, 0.25) is 6.79 Å². The summed E-state index contributed by atoms with van der Waals surface area (Å²) >= 11 is 0. The summed E-state index contributed by atoms with van der Waals surface area (Å²) in [6.07, 6.45) is 0. The molecule has 1 saturated heterocycles. The summed E-state index contributed by atoms with van der Waals surface area (Å²) < 4.78 is 15.9. The van der Waals surface area contributed by atoms with E-state index < -0.39 is 0 Å². The lowest BCUT2D eigenvalue weighted by molar-refractivity contribution is 0.0383. The van der Waals surface area contributed by atoms with Crippen LogP contribution in [0.15, 0.2) is 18.2 Å². The molecular formula is C14H18N2O4. The molecule has 2 aliphatic heterocycles. The summed E-state index contributed by atoms with van der Waals surface area (Å²) in [6, 6.07) is 5.34. The number of benzene rings is 1. The van der Waals surface area contributed by atoms with Crippen molar-refractivity contribution < 1.29 is 19.0 Å². The summed E-state index contributed by atoms with van der Waals surface area (Å²) in [5, 5.41) is 2.92. The van der Waals surface area contributed by atoms with E-state index in [2.05, 4.69) is 10.2 Å². The van der Waals surface area contributed by atoms with E-state index in [4.69, 9.17) is 14.2 Å². The van der Waals surface area contributed by atoms with Crippen molar-refractivity contribution in [3.8, 4) is 11.5 Å². The lowest BCUT2D eigenvalue weighted by atomic mass is 10.1. The van der Waals surface area contributed by atoms with Crippen molar-refractivity contribution in [3.63, 3.8) is 0 Å². The summed E-state index contributed by atoms with van der Waals surface area (Å²) in [5.74, 6) is 1.04. The van der Waals surface area contributed by atoms with Gasteiger partial charge in [0.05, 0.1) is 18.8 Å². The van der Waals surface area contributed by atoms with Gasteiger partial charge in [-0.25, -0.2) is 0 Å². The third-order valence-electron chi connectivity index (χ3n) is 3.46. The Hall–Kier alpha value is -1.79. The Morgan fingerprint density at radius 3 is 2.95 bits per heavy atom. The molecule has 2 aliphatic rings. The molecule has 1 aromatic rings. The predicted molar refractivity (Wildman–Crippen MR) is 72.2 cm³/mol. The highest BCUT2D eigenvalue weighted by Crippen LogP contribution is 2.35. The van der Waals surface area contributed by atoms with Crippen LogP contribution in [0.2, 0.25) is 0 Å². The Morgan fingerprint density at radius 2 is 2.10 bits per heavy atom. The van der Waals surface area contributed by atoms with E-state index in [1.54, 1.807) is 18.2 Å². The van der Waals surface area contributed by atoms with Crippen LogP contribution in [0.3, 0.4) is 0 Å². The minimum atomic E-state index is -0.124. The first kappa shape index (κ1) is 13.2. The Bertz CT molecular complexity index is 486. The molecule has 0 radical (unpaired) electrons. The van der Waals surface area contributed by atoms with Crippen LogP contribution in [0, 0.1) is 0 Å². The lowest BCUT2D eigenvalue weighted by Gasteiger charge is -2.26. The van der Waals surface area contributed by atoms with E-state index in [0.29, 0.717) is 23.6 Å². The van der Waals surface area contributed by atoms with Crippen molar-refractivity contribution in [3.05, 3.63) is 23.8 Å². The fourth-order valence-electron chi connectivity index (χ4n) is 2.36. The molecule has 2 heterocycles. The Labute approximate surface area is 117 Å². The molecule has 1 fully saturated rings. The number of rotatable bonds is 4. The van der Waals surface area contributed by atoms with Gasteiger partial charge in [-0.1, -0.05) is 6.07 Å². The second-order valence-corrected chi connectivity index (χ2v) is 4.75. The molecule has 3 rings (SSSR count). The predicted octanol–water partition coefficient (Wildman–Crippen LogP) is 0.477. The molecular weight excluding hydrogens is 260 g/mol. The molecule has 0 saturated carbocycles. The van der Waals surface area contributed by atoms with E-state index >= 15 is 0 Å². The molecule has 0 spiro atoms. The van der Waals surface area contributed by atoms with Gasteiger partial charge in [0.25, 0.3) is 5.91 Å². The lowest BCUT2D eigenvalue weighted by Crippen LogP contribution is -2.41. The molecule has 1 aromatic carbocycles. The zero-order valence-corrected chi connectivity index (χ0v) is 11.3. The number of fused-ring (bicyclic) bond motifs is 1. The van der Waals surface area contributed by atoms with Crippen LogP contribution in [0.25, 0.3) is 0 Å². The molecule has 20 heavy (non-hydrogen) atoms. The van der Waals surface area contributed by atoms with Gasteiger partial charge < -0.3 is 19.5 Å². The van der Waals surface area contributed by atoms with Gasteiger partial charge in [0.1, 0.15) is 0 Å². The van der Waals surface area contributed by atoms with Crippen LogP contribution in [-0.4, -0.2) is 57.0 Å². The number of ether oxygens (including phenoxy) is 3. The number of hydrogen-bond acceptors (Lipinski definition) is 5. The molecule has 0 atom stereocenters. The highest BCUT2D eigenvalue weighted by Gasteiger charge is 2.21. The second-order valence-electron chi connectivity index (χ2n) is 4.75. The van der Waals surface area contributed by atoms with E-state index in [0.717, 1.165) is 32.8 Å². The van der Waals surface area contributed by atoms with Crippen molar-refractivity contribution >= 4 is 5.91 Å². The van der Waals surface area contributed by atoms with E-state index in [-0.39, 0.29) is 12.7 Å². The quantitative estimate of drug-likeness (QED) is 0.868. The molecule has 1 amide bonds. The standard InChI is InChI=1S/C14H18N2O4/c17-14(15-4-5-16-6-8-18-9-7-16)11-2-1-3-12-13(11)20-10-19-12/h1-3H,4-10H2,(H,15,17). The number of carbonyl (C=O) groups is 1. The van der Waals surface area contributed by atoms with Gasteiger partial charge in [0, 0.05) is 26.2 Å². The zero-order chi connectivity index (χ0) is 13.8. The number of morpholine rings is 1. The smallest absolute Gasteiger partial charge is 0.255 e. The first-order chi connectivity index (χ1) is 9.84. The van der Waals surface area contributed by atoms with Crippen molar-refractivity contribution in [2.75, 3.05) is 46.2 Å². The first-order valence-corrected chi connectivity index (χ1v) is 6.81. The molecule has 0 bridgehead atoms. The number of nitrogens with one attached hydrogen (secondary N) is 1. The van der Waals surface area contributed by atoms with Crippen molar-refractivity contribution in [1.82, 2.24) is 10.2 Å². The van der Waals surface area contributed by atoms with Gasteiger partial charge in [-0.3, -0.25) is 9.69 Å². The van der Waals surface area contributed by atoms with Crippen LogP contribution in [0.5, 0.6) is 11.5 Å². The molecule has 0 unspecified atom stereocenters. The average molecular weight is 278 g/mol. The fraction of sp³-hybridized carbons (Fsp3) is 0.500. The Balaban J connectivity index is 1.53. The molecule has 6 nitrogen and oxygen atoms in total. The fourth-order valence-corrected chi connectivity index (χ4v) is 2.36. The van der Waals surface area contributed by atoms with Gasteiger partial charge in [-0.2, -0.15) is 0 Å². The second kappa shape index (κ2) is 6.11. The van der Waals surface area contributed by atoms with Crippen LogP contribution in [0.4, 0.5) is 0 Å². The van der Waals surface area contributed by atoms with Gasteiger partial charge >= 0.3 is 0 Å². The minimum Gasteiger partial charge on any atom is -0.454 e. The normalized spacial score (nSPS) is 18.0. The topological polar surface area (TPSA) is 60.0 Å². The van der Waals surface area contributed by atoms with Crippen LogP contribution < -0.4 is 14.8 Å². The number of nitrogens with zero attached hydrogens (tertiary/aromatic N) is 1. The summed E-state index contributed by atoms with van der Waals surface area (Å²) in [5.41, 5.74) is 0.530. The van der Waals surface area contributed by atoms with Crippen molar-refractivity contribution in [1.29, 1.82) is 0 Å². The molecule has 108 valence electrons. The Morgan fingerprint density at radius 1 is 1.25 bits per heavy atom. The van der Waals surface area contributed by atoms with Crippen molar-refractivity contribution in [2.24, 2.45) is 0 Å². The first-order valence-electron chi connectivity index (χ1n) is 6.81. The summed E-state index contributed by atoms with van der Waals surface area (Å²) in [4.78, 5) is 14.4. The summed E-state index contributed by atoms with van der Waals surface area (Å²) in [7, 11) is 0. The van der Waals surface area contributed by atoms with E-state index in [1.807, 2.05) is 0 Å². The molecule has 0 aliphatic carbocycles. The van der Waals surface area contributed by atoms with Crippen LogP contribution >= 0.6 is 0 Å². The SMILES string of the molecule is O=C(NCCN1CCOCC1)c1cccc2c1OCO2. The molecule has 6 heteroatoms. The third-order valence-corrected chi connectivity index (χ3v) is 3.46. The van der Waals surface area contributed by atoms with Crippen LogP contribution in [-0.2, 0) is 4.74 Å². The van der Waals surface area contributed by atoms with E-state index in [1.165, 1.54) is 0 Å². The molecule has 0 aromatic heterocycles. The van der Waals surface area contributed by atoms with Gasteiger partial charge in [-0.15, -0.1) is 0 Å².